The van der Waals surface area contributed by atoms with Crippen molar-refractivity contribution in [2.45, 2.75) is 45.6 Å². The quantitative estimate of drug-likeness (QED) is 0.499. The summed E-state index contributed by atoms with van der Waals surface area (Å²) in [6.07, 6.45) is 1.72. The van der Waals surface area contributed by atoms with Gasteiger partial charge in [0.15, 0.2) is 11.8 Å². The second-order valence-corrected chi connectivity index (χ2v) is 8.09. The molecule has 1 aliphatic heterocycles. The van der Waals surface area contributed by atoms with E-state index in [0.29, 0.717) is 24.9 Å². The smallest absolute Gasteiger partial charge is 0.228 e. The van der Waals surface area contributed by atoms with E-state index in [1.807, 2.05) is 6.07 Å². The number of para-hydroxylation sites is 1. The van der Waals surface area contributed by atoms with Crippen LogP contribution in [0.3, 0.4) is 0 Å². The second-order valence-electron chi connectivity index (χ2n) is 7.24. The molecule has 0 saturated carbocycles. The predicted octanol–water partition coefficient (Wildman–Crippen LogP) is 3.33. The van der Waals surface area contributed by atoms with E-state index < -0.39 is 0 Å². The summed E-state index contributed by atoms with van der Waals surface area (Å²) >= 11 is 3.65. The van der Waals surface area contributed by atoms with Crippen molar-refractivity contribution >= 4 is 27.6 Å². The fourth-order valence-electron chi connectivity index (χ4n) is 3.19. The van der Waals surface area contributed by atoms with Gasteiger partial charge in [0, 0.05) is 42.5 Å². The largest absolute Gasteiger partial charge is 0.368 e. The second kappa shape index (κ2) is 9.91. The predicted molar refractivity (Wildman–Crippen MR) is 116 cm³/mol. The Hall–Kier alpha value is -2.09. The summed E-state index contributed by atoms with van der Waals surface area (Å²) in [6.45, 7) is 9.60. The molecule has 2 N–H and O–H groups in total. The van der Waals surface area contributed by atoms with Crippen molar-refractivity contribution in [1.29, 1.82) is 0 Å². The lowest BCUT2D eigenvalue weighted by Crippen LogP contribution is -2.44. The van der Waals surface area contributed by atoms with Gasteiger partial charge in [-0.25, -0.2) is 0 Å². The topological polar surface area (TPSA) is 78.6 Å². The molecule has 0 spiro atoms. The first kappa shape index (κ1) is 20.6. The lowest BCUT2D eigenvalue weighted by molar-refractivity contribution is 0.372. The molecule has 1 unspecified atom stereocenters. The molecule has 1 aromatic heterocycles. The first-order chi connectivity index (χ1) is 13.6. The van der Waals surface area contributed by atoms with Crippen molar-refractivity contribution in [3.8, 4) is 0 Å². The van der Waals surface area contributed by atoms with Crippen molar-refractivity contribution in [3.63, 3.8) is 0 Å². The first-order valence-corrected chi connectivity index (χ1v) is 10.7. The van der Waals surface area contributed by atoms with Crippen molar-refractivity contribution in [3.05, 3.63) is 40.5 Å². The fourth-order valence-corrected chi connectivity index (χ4v) is 3.72. The highest BCUT2D eigenvalue weighted by molar-refractivity contribution is 9.10. The highest BCUT2D eigenvalue weighted by Gasteiger charge is 2.24. The molecule has 1 aliphatic rings. The Labute approximate surface area is 175 Å². The summed E-state index contributed by atoms with van der Waals surface area (Å²) in [7, 11) is 0. The van der Waals surface area contributed by atoms with Crippen LogP contribution in [0.25, 0.3) is 0 Å². The normalized spacial score (nSPS) is 17.4. The number of hydrogen-bond acceptors (Lipinski definition) is 5. The molecule has 8 heteroatoms. The number of halogens is 1. The summed E-state index contributed by atoms with van der Waals surface area (Å²) in [4.78, 5) is 11.5. The SMILES string of the molecule is CCNC(=NCCc1nc(C(C)C)no1)NC1CCN(c2ccccc2Br)C1. The van der Waals surface area contributed by atoms with Gasteiger partial charge in [0.05, 0.1) is 12.2 Å². The molecule has 0 bridgehead atoms. The number of nitrogens with zero attached hydrogens (tertiary/aromatic N) is 4. The number of hydrogen-bond donors (Lipinski definition) is 2. The molecular formula is C20H29BrN6O. The van der Waals surface area contributed by atoms with Gasteiger partial charge in [-0.1, -0.05) is 31.1 Å². The molecule has 1 saturated heterocycles. The van der Waals surface area contributed by atoms with Gasteiger partial charge in [-0.2, -0.15) is 4.98 Å². The van der Waals surface area contributed by atoms with E-state index in [1.165, 1.54) is 5.69 Å². The number of benzene rings is 1. The highest BCUT2D eigenvalue weighted by atomic mass is 79.9. The fraction of sp³-hybridized carbons (Fsp3) is 0.550. The van der Waals surface area contributed by atoms with E-state index in [-0.39, 0.29) is 5.92 Å². The highest BCUT2D eigenvalue weighted by Crippen LogP contribution is 2.28. The Morgan fingerprint density at radius 3 is 2.93 bits per heavy atom. The summed E-state index contributed by atoms with van der Waals surface area (Å²) in [6, 6.07) is 8.73. The Bertz CT molecular complexity index is 791. The lowest BCUT2D eigenvalue weighted by atomic mass is 10.2. The lowest BCUT2D eigenvalue weighted by Gasteiger charge is -2.21. The summed E-state index contributed by atoms with van der Waals surface area (Å²) < 4.78 is 6.43. The third-order valence-electron chi connectivity index (χ3n) is 4.66. The minimum absolute atomic E-state index is 0.273. The van der Waals surface area contributed by atoms with Crippen molar-refractivity contribution in [2.24, 2.45) is 4.99 Å². The van der Waals surface area contributed by atoms with E-state index in [1.54, 1.807) is 0 Å². The molecule has 0 amide bonds. The Balaban J connectivity index is 1.54. The van der Waals surface area contributed by atoms with Crippen LogP contribution in [-0.4, -0.2) is 48.3 Å². The molecule has 2 aromatic rings. The number of aliphatic imine (C=N–C) groups is 1. The maximum Gasteiger partial charge on any atom is 0.228 e. The third-order valence-corrected chi connectivity index (χ3v) is 5.33. The maximum absolute atomic E-state index is 5.29. The molecule has 3 rings (SSSR count). The van der Waals surface area contributed by atoms with Crippen LogP contribution in [0.15, 0.2) is 38.3 Å². The zero-order chi connectivity index (χ0) is 19.9. The van der Waals surface area contributed by atoms with E-state index in [4.69, 9.17) is 4.52 Å². The van der Waals surface area contributed by atoms with Crippen LogP contribution in [0.4, 0.5) is 5.69 Å². The van der Waals surface area contributed by atoms with Gasteiger partial charge >= 0.3 is 0 Å². The molecule has 0 aliphatic carbocycles. The van der Waals surface area contributed by atoms with Gasteiger partial charge in [-0.05, 0) is 41.4 Å². The standard InChI is InChI=1S/C20H29BrN6O/c1-4-22-20(23-11-9-18-25-19(14(2)3)26-28-18)24-15-10-12-27(13-15)17-8-6-5-7-16(17)21/h5-8,14-15H,4,9-13H2,1-3H3,(H2,22,23,24). The summed E-state index contributed by atoms with van der Waals surface area (Å²) in [5.41, 5.74) is 1.24. The zero-order valence-electron chi connectivity index (χ0n) is 16.8. The molecule has 7 nitrogen and oxygen atoms in total. The monoisotopic (exact) mass is 448 g/mol. The van der Waals surface area contributed by atoms with Gasteiger partial charge in [0.1, 0.15) is 0 Å². The van der Waals surface area contributed by atoms with Crippen LogP contribution in [0.2, 0.25) is 0 Å². The van der Waals surface area contributed by atoms with E-state index in [0.717, 1.165) is 42.3 Å². The summed E-state index contributed by atoms with van der Waals surface area (Å²) in [5, 5.41) is 10.9. The van der Waals surface area contributed by atoms with E-state index in [2.05, 4.69) is 85.6 Å². The van der Waals surface area contributed by atoms with Gasteiger partial charge in [-0.3, -0.25) is 4.99 Å². The Kier molecular flexibility index (Phi) is 7.30. The molecule has 152 valence electrons. The van der Waals surface area contributed by atoms with Crippen LogP contribution >= 0.6 is 15.9 Å². The average molecular weight is 449 g/mol. The van der Waals surface area contributed by atoms with Crippen LogP contribution < -0.4 is 15.5 Å². The van der Waals surface area contributed by atoms with Gasteiger partial charge < -0.3 is 20.1 Å². The van der Waals surface area contributed by atoms with E-state index >= 15 is 0 Å². The number of nitrogens with one attached hydrogen (secondary N) is 2. The van der Waals surface area contributed by atoms with Gasteiger partial charge in [0.2, 0.25) is 5.89 Å². The van der Waals surface area contributed by atoms with Gasteiger partial charge in [0.25, 0.3) is 0 Å². The van der Waals surface area contributed by atoms with Gasteiger partial charge in [-0.15, -0.1) is 0 Å². The molecule has 2 heterocycles. The summed E-state index contributed by atoms with van der Waals surface area (Å²) in [5.74, 6) is 2.51. The number of anilines is 1. The Morgan fingerprint density at radius 2 is 2.21 bits per heavy atom. The van der Waals surface area contributed by atoms with Crippen LogP contribution in [0.5, 0.6) is 0 Å². The molecular weight excluding hydrogens is 420 g/mol. The zero-order valence-corrected chi connectivity index (χ0v) is 18.4. The van der Waals surface area contributed by atoms with Crippen LogP contribution in [0.1, 0.15) is 44.8 Å². The first-order valence-electron chi connectivity index (χ1n) is 9.93. The Morgan fingerprint density at radius 1 is 1.39 bits per heavy atom. The minimum Gasteiger partial charge on any atom is -0.368 e. The number of guanidine groups is 1. The third kappa shape index (κ3) is 5.47. The molecule has 0 radical (unpaired) electrons. The van der Waals surface area contributed by atoms with Crippen molar-refractivity contribution < 1.29 is 4.52 Å². The molecule has 1 aromatic carbocycles. The van der Waals surface area contributed by atoms with E-state index in [9.17, 15) is 0 Å². The minimum atomic E-state index is 0.273. The maximum atomic E-state index is 5.29. The molecule has 1 fully saturated rings. The molecule has 28 heavy (non-hydrogen) atoms. The van der Waals surface area contributed by atoms with Crippen LogP contribution in [0, 0.1) is 0 Å². The van der Waals surface area contributed by atoms with Crippen LogP contribution in [-0.2, 0) is 6.42 Å². The number of rotatable bonds is 7. The van der Waals surface area contributed by atoms with Crippen molar-refractivity contribution in [1.82, 2.24) is 20.8 Å². The average Bonchev–Trinajstić information content (AvgIpc) is 3.32. The number of aromatic nitrogens is 2. The van der Waals surface area contributed by atoms with Crippen molar-refractivity contribution in [2.75, 3.05) is 31.1 Å². The molecule has 1 atom stereocenters.